The predicted molar refractivity (Wildman–Crippen MR) is 221 cm³/mol. The molecule has 0 saturated carbocycles. The van der Waals surface area contributed by atoms with Crippen molar-refractivity contribution in [3.05, 3.63) is 12.2 Å². The van der Waals surface area contributed by atoms with E-state index in [1.165, 1.54) is 154 Å². The van der Waals surface area contributed by atoms with Gasteiger partial charge in [-0.15, -0.1) is 0 Å². The lowest BCUT2D eigenvalue weighted by molar-refractivity contribution is -0.161. The van der Waals surface area contributed by atoms with Gasteiger partial charge in [-0.3, -0.25) is 14.1 Å². The molecule has 0 spiro atoms. The largest absolute Gasteiger partial charge is 0.469 e. The van der Waals surface area contributed by atoms with Gasteiger partial charge in [0, 0.05) is 12.8 Å². The average molecular weight is 773 g/mol. The van der Waals surface area contributed by atoms with Crippen LogP contribution in [0, 0.1) is 0 Å². The lowest BCUT2D eigenvalue weighted by Gasteiger charge is -2.18. The van der Waals surface area contributed by atoms with E-state index >= 15 is 0 Å². The van der Waals surface area contributed by atoms with E-state index in [2.05, 4.69) is 30.5 Å². The van der Waals surface area contributed by atoms with Crippen molar-refractivity contribution in [1.82, 2.24) is 0 Å². The number of carbonyl (C=O) groups is 2. The molecule has 0 radical (unpaired) electrons. The Morgan fingerprint density at radius 2 is 0.792 bits per heavy atom. The van der Waals surface area contributed by atoms with Gasteiger partial charge < -0.3 is 19.3 Å². The third-order valence-electron chi connectivity index (χ3n) is 10.0. The maximum absolute atomic E-state index is 12.4. The van der Waals surface area contributed by atoms with E-state index in [4.69, 9.17) is 19.3 Å². The molecule has 0 aromatic rings. The molecule has 0 aromatic carbocycles. The van der Waals surface area contributed by atoms with E-state index in [9.17, 15) is 14.2 Å². The van der Waals surface area contributed by atoms with E-state index < -0.39 is 32.5 Å². The van der Waals surface area contributed by atoms with Gasteiger partial charge in [0.2, 0.25) is 0 Å². The van der Waals surface area contributed by atoms with Gasteiger partial charge in [-0.2, -0.15) is 0 Å². The van der Waals surface area contributed by atoms with Gasteiger partial charge in [0.05, 0.1) is 6.61 Å². The second-order valence-corrected chi connectivity index (χ2v) is 16.6. The first-order chi connectivity index (χ1) is 25.8. The van der Waals surface area contributed by atoms with Crippen molar-refractivity contribution < 1.29 is 37.9 Å². The first-order valence-electron chi connectivity index (χ1n) is 22.5. The Kier molecular flexibility index (Phi) is 39.5. The average Bonchev–Trinajstić information content (AvgIpc) is 3.13. The molecule has 0 aromatic heterocycles. The molecule has 0 aliphatic rings. The molecule has 0 saturated heterocycles. The Labute approximate surface area is 327 Å². The van der Waals surface area contributed by atoms with E-state index in [0.717, 1.165) is 51.4 Å². The molecule has 0 aliphatic heterocycles. The number of allylic oxidation sites excluding steroid dienone is 2. The van der Waals surface area contributed by atoms with Gasteiger partial charge in [0.25, 0.3) is 0 Å². The van der Waals surface area contributed by atoms with Crippen molar-refractivity contribution >= 4 is 19.8 Å². The number of ether oxygens (including phenoxy) is 2. The maximum atomic E-state index is 12.4. The smallest absolute Gasteiger partial charge is 0.462 e. The number of unbranched alkanes of at least 4 members (excludes halogenated alkanes) is 30. The van der Waals surface area contributed by atoms with E-state index in [1.54, 1.807) is 0 Å². The van der Waals surface area contributed by atoms with Crippen LogP contribution in [0.15, 0.2) is 12.2 Å². The molecule has 0 rings (SSSR count). The monoisotopic (exact) mass is 773 g/mol. The molecule has 0 bridgehead atoms. The van der Waals surface area contributed by atoms with E-state index in [-0.39, 0.29) is 19.4 Å². The summed E-state index contributed by atoms with van der Waals surface area (Å²) in [5.74, 6) is -0.881. The third-order valence-corrected chi connectivity index (χ3v) is 10.5. The van der Waals surface area contributed by atoms with E-state index in [0.29, 0.717) is 6.42 Å². The topological polar surface area (TPSA) is 119 Å². The number of phosphoric ester groups is 1. The lowest BCUT2D eigenvalue weighted by atomic mass is 10.0. The quantitative estimate of drug-likeness (QED) is 0.0272. The Morgan fingerprint density at radius 1 is 0.472 bits per heavy atom. The van der Waals surface area contributed by atoms with Crippen LogP contribution in [-0.2, 0) is 28.2 Å². The Hall–Kier alpha value is -1.21. The number of rotatable bonds is 42. The summed E-state index contributed by atoms with van der Waals surface area (Å²) in [4.78, 5) is 42.9. The van der Waals surface area contributed by atoms with Crippen LogP contribution >= 0.6 is 7.82 Å². The predicted octanol–water partition coefficient (Wildman–Crippen LogP) is 13.8. The minimum absolute atomic E-state index is 0.206. The highest BCUT2D eigenvalue weighted by Gasteiger charge is 2.23. The molecular formula is C44H85O8P. The summed E-state index contributed by atoms with van der Waals surface area (Å²) in [6.07, 6.45) is 45.1. The highest BCUT2D eigenvalue weighted by molar-refractivity contribution is 7.46. The first kappa shape index (κ1) is 51.8. The normalized spacial score (nSPS) is 12.5. The minimum Gasteiger partial charge on any atom is -0.462 e. The molecule has 8 nitrogen and oxygen atoms in total. The summed E-state index contributed by atoms with van der Waals surface area (Å²) in [7, 11) is -4.75. The molecule has 0 fully saturated rings. The number of carbonyl (C=O) groups excluding carboxylic acids is 2. The summed E-state index contributed by atoms with van der Waals surface area (Å²) in [5, 5.41) is 0. The zero-order valence-corrected chi connectivity index (χ0v) is 35.6. The summed E-state index contributed by atoms with van der Waals surface area (Å²) >= 11 is 0. The molecule has 0 unspecified atom stereocenters. The molecular weight excluding hydrogens is 687 g/mol. The first-order valence-corrected chi connectivity index (χ1v) is 24.0. The Morgan fingerprint density at radius 3 is 1.15 bits per heavy atom. The molecule has 9 heteroatoms. The highest BCUT2D eigenvalue weighted by Crippen LogP contribution is 2.36. The van der Waals surface area contributed by atoms with Crippen molar-refractivity contribution in [1.29, 1.82) is 0 Å². The SMILES string of the molecule is CCCCCCCC/C=C/CCCCCCCC(=O)O[C@H](COC(=O)CCCCCCCCCCCCCCCCCCCCCC)COP(=O)(O)O. The van der Waals surface area contributed by atoms with Crippen LogP contribution in [-0.4, -0.2) is 41.0 Å². The molecule has 0 aliphatic carbocycles. The van der Waals surface area contributed by atoms with Crippen molar-refractivity contribution in [2.24, 2.45) is 0 Å². The van der Waals surface area contributed by atoms with Gasteiger partial charge in [0.15, 0.2) is 6.10 Å². The standard InChI is InChI=1S/C44H85O8P/c1-3-5-7-9-11-13-15-17-19-20-21-22-23-25-26-28-30-32-34-36-38-43(45)50-40-42(41-51-53(47,48)49)52-44(46)39-37-35-33-31-29-27-24-18-16-14-12-10-8-6-4-2/h18,24,42H,3-17,19-23,25-41H2,1-2H3,(H2,47,48,49)/b24-18+/t42-/m1/s1. The summed E-state index contributed by atoms with van der Waals surface area (Å²) in [6.45, 7) is 3.71. The second-order valence-electron chi connectivity index (χ2n) is 15.4. The van der Waals surface area contributed by atoms with E-state index in [1.807, 2.05) is 0 Å². The Balaban J connectivity index is 3.83. The van der Waals surface area contributed by atoms with Gasteiger partial charge in [-0.05, 0) is 38.5 Å². The van der Waals surface area contributed by atoms with Crippen LogP contribution in [0.1, 0.15) is 239 Å². The molecule has 1 atom stereocenters. The van der Waals surface area contributed by atoms with Gasteiger partial charge in [-0.25, -0.2) is 4.57 Å². The zero-order chi connectivity index (χ0) is 38.9. The number of phosphoric acid groups is 1. The Bertz CT molecular complexity index is 873. The summed E-state index contributed by atoms with van der Waals surface area (Å²) in [6, 6.07) is 0. The lowest BCUT2D eigenvalue weighted by Crippen LogP contribution is -2.29. The zero-order valence-electron chi connectivity index (χ0n) is 34.7. The second kappa shape index (κ2) is 40.5. The van der Waals surface area contributed by atoms with Crippen LogP contribution in [0.2, 0.25) is 0 Å². The molecule has 0 heterocycles. The highest BCUT2D eigenvalue weighted by atomic mass is 31.2. The van der Waals surface area contributed by atoms with Gasteiger partial charge >= 0.3 is 19.8 Å². The number of hydrogen-bond acceptors (Lipinski definition) is 6. The van der Waals surface area contributed by atoms with Gasteiger partial charge in [-0.1, -0.05) is 199 Å². The summed E-state index contributed by atoms with van der Waals surface area (Å²) < 4.78 is 26.4. The van der Waals surface area contributed by atoms with Gasteiger partial charge in [0.1, 0.15) is 6.61 Å². The fourth-order valence-corrected chi connectivity index (χ4v) is 7.02. The van der Waals surface area contributed by atoms with Crippen LogP contribution in [0.5, 0.6) is 0 Å². The summed E-state index contributed by atoms with van der Waals surface area (Å²) in [5.41, 5.74) is 0. The fourth-order valence-electron chi connectivity index (χ4n) is 6.66. The number of esters is 2. The van der Waals surface area contributed by atoms with Crippen molar-refractivity contribution in [3.8, 4) is 0 Å². The van der Waals surface area contributed by atoms with Crippen molar-refractivity contribution in [2.45, 2.75) is 245 Å². The van der Waals surface area contributed by atoms with Crippen LogP contribution in [0.3, 0.4) is 0 Å². The van der Waals surface area contributed by atoms with Crippen LogP contribution in [0.4, 0.5) is 0 Å². The molecule has 0 amide bonds. The molecule has 2 N–H and O–H groups in total. The molecule has 53 heavy (non-hydrogen) atoms. The van der Waals surface area contributed by atoms with Crippen LogP contribution in [0.25, 0.3) is 0 Å². The number of hydrogen-bond donors (Lipinski definition) is 2. The third kappa shape index (κ3) is 43.4. The van der Waals surface area contributed by atoms with Crippen LogP contribution < -0.4 is 0 Å². The minimum atomic E-state index is -4.75. The van der Waals surface area contributed by atoms with Crippen molar-refractivity contribution in [3.63, 3.8) is 0 Å². The fraction of sp³-hybridized carbons (Fsp3) is 0.909. The maximum Gasteiger partial charge on any atom is 0.469 e. The van der Waals surface area contributed by atoms with Crippen molar-refractivity contribution in [2.75, 3.05) is 13.2 Å². The molecule has 314 valence electrons.